The van der Waals surface area contributed by atoms with E-state index in [2.05, 4.69) is 10.3 Å². The fourth-order valence-electron chi connectivity index (χ4n) is 1.65. The first-order chi connectivity index (χ1) is 8.56. The summed E-state index contributed by atoms with van der Waals surface area (Å²) in [4.78, 5) is 14.6. The number of nitro groups is 1. The monoisotopic (exact) mass is 243 g/mol. The molecule has 0 aliphatic rings. The van der Waals surface area contributed by atoms with E-state index in [-0.39, 0.29) is 11.5 Å². The van der Waals surface area contributed by atoms with Gasteiger partial charge in [-0.3, -0.25) is 10.1 Å². The summed E-state index contributed by atoms with van der Waals surface area (Å²) >= 11 is 0. The molecule has 0 unspecified atom stereocenters. The van der Waals surface area contributed by atoms with Gasteiger partial charge in [0, 0.05) is 17.4 Å². The molecule has 2 rings (SSSR count). The number of rotatable bonds is 3. The summed E-state index contributed by atoms with van der Waals surface area (Å²) in [7, 11) is 0. The third kappa shape index (κ3) is 2.63. The Morgan fingerprint density at radius 3 is 2.67 bits per heavy atom. The lowest BCUT2D eigenvalue weighted by Gasteiger charge is -2.07. The van der Waals surface area contributed by atoms with Crippen molar-refractivity contribution in [2.45, 2.75) is 13.8 Å². The van der Waals surface area contributed by atoms with Gasteiger partial charge in [-0.1, -0.05) is 12.1 Å². The van der Waals surface area contributed by atoms with Gasteiger partial charge in [-0.05, 0) is 37.6 Å². The number of aromatic nitrogens is 1. The Bertz CT molecular complexity index is 597. The van der Waals surface area contributed by atoms with Gasteiger partial charge < -0.3 is 5.32 Å². The Balaban J connectivity index is 2.39. The number of hydrogen-bond acceptors (Lipinski definition) is 4. The number of anilines is 2. The maximum Gasteiger partial charge on any atom is 0.311 e. The number of pyridine rings is 1. The second-order valence-electron chi connectivity index (χ2n) is 4.07. The summed E-state index contributed by atoms with van der Waals surface area (Å²) in [5.74, 6) is 0.269. The number of benzene rings is 1. The van der Waals surface area contributed by atoms with Crippen LogP contribution in [-0.4, -0.2) is 9.91 Å². The molecule has 0 radical (unpaired) electrons. The van der Waals surface area contributed by atoms with E-state index >= 15 is 0 Å². The quantitative estimate of drug-likeness (QED) is 0.663. The molecule has 0 saturated heterocycles. The average Bonchev–Trinajstić information content (AvgIpc) is 2.28. The van der Waals surface area contributed by atoms with Gasteiger partial charge in [0.15, 0.2) is 0 Å². The molecule has 0 aliphatic carbocycles. The van der Waals surface area contributed by atoms with Crippen LogP contribution < -0.4 is 5.32 Å². The number of nitrogens with one attached hydrogen (secondary N) is 1. The molecule has 1 N–H and O–H groups in total. The largest absolute Gasteiger partial charge is 0.334 e. The Morgan fingerprint density at radius 1 is 1.22 bits per heavy atom. The summed E-state index contributed by atoms with van der Waals surface area (Å²) in [6.45, 7) is 3.76. The summed E-state index contributed by atoms with van der Waals surface area (Å²) < 4.78 is 0. The lowest BCUT2D eigenvalue weighted by atomic mass is 10.2. The lowest BCUT2D eigenvalue weighted by molar-refractivity contribution is -0.384. The van der Waals surface area contributed by atoms with Crippen LogP contribution in [0.3, 0.4) is 0 Å². The summed E-state index contributed by atoms with van der Waals surface area (Å²) in [5, 5.41) is 13.9. The van der Waals surface area contributed by atoms with Crippen molar-refractivity contribution in [3.63, 3.8) is 0 Å². The van der Waals surface area contributed by atoms with Crippen LogP contribution in [0, 0.1) is 24.0 Å². The van der Waals surface area contributed by atoms with Gasteiger partial charge >= 0.3 is 5.69 Å². The van der Waals surface area contributed by atoms with Crippen LogP contribution in [0.15, 0.2) is 36.4 Å². The van der Waals surface area contributed by atoms with Gasteiger partial charge in [0.05, 0.1) is 4.92 Å². The van der Waals surface area contributed by atoms with Gasteiger partial charge in [-0.25, -0.2) is 4.98 Å². The topological polar surface area (TPSA) is 68.1 Å². The molecule has 0 atom stereocenters. The van der Waals surface area contributed by atoms with E-state index in [9.17, 15) is 10.1 Å². The van der Waals surface area contributed by atoms with E-state index in [0.717, 1.165) is 16.9 Å². The van der Waals surface area contributed by atoms with E-state index in [4.69, 9.17) is 0 Å². The smallest absolute Gasteiger partial charge is 0.311 e. The Hall–Kier alpha value is -2.43. The predicted molar refractivity (Wildman–Crippen MR) is 70.1 cm³/mol. The Kier molecular flexibility index (Phi) is 3.23. The van der Waals surface area contributed by atoms with E-state index in [0.29, 0.717) is 0 Å². The van der Waals surface area contributed by atoms with Crippen molar-refractivity contribution < 1.29 is 4.92 Å². The van der Waals surface area contributed by atoms with Crippen molar-refractivity contribution in [3.05, 3.63) is 57.8 Å². The maximum atomic E-state index is 10.9. The third-order valence-corrected chi connectivity index (χ3v) is 2.49. The first-order valence-corrected chi connectivity index (χ1v) is 5.52. The zero-order chi connectivity index (χ0) is 13.1. The molecule has 1 heterocycles. The molecule has 0 bridgehead atoms. The molecule has 0 spiro atoms. The van der Waals surface area contributed by atoms with Gasteiger partial charge in [-0.15, -0.1) is 0 Å². The van der Waals surface area contributed by atoms with Crippen LogP contribution in [0.1, 0.15) is 11.3 Å². The van der Waals surface area contributed by atoms with E-state index in [1.54, 1.807) is 13.0 Å². The molecule has 0 saturated carbocycles. The highest BCUT2D eigenvalue weighted by Gasteiger charge is 2.15. The first kappa shape index (κ1) is 12.0. The molecule has 92 valence electrons. The fraction of sp³-hybridized carbons (Fsp3) is 0.154. The maximum absolute atomic E-state index is 10.9. The van der Waals surface area contributed by atoms with Crippen molar-refractivity contribution >= 4 is 17.2 Å². The highest BCUT2D eigenvalue weighted by molar-refractivity contribution is 5.65. The van der Waals surface area contributed by atoms with Crippen LogP contribution in [0.25, 0.3) is 0 Å². The van der Waals surface area contributed by atoms with E-state index in [1.807, 2.05) is 31.2 Å². The molecule has 1 aromatic carbocycles. The first-order valence-electron chi connectivity index (χ1n) is 5.52. The van der Waals surface area contributed by atoms with E-state index in [1.165, 1.54) is 6.07 Å². The highest BCUT2D eigenvalue weighted by atomic mass is 16.6. The van der Waals surface area contributed by atoms with Crippen LogP contribution in [0.2, 0.25) is 0 Å². The van der Waals surface area contributed by atoms with Gasteiger partial charge in [0.1, 0.15) is 0 Å². The molecule has 1 aromatic heterocycles. The minimum absolute atomic E-state index is 0.0258. The third-order valence-electron chi connectivity index (χ3n) is 2.49. The Labute approximate surface area is 105 Å². The normalized spacial score (nSPS) is 10.1. The standard InChI is InChI=1S/C13H13N3O2/c1-9-4-3-5-11(8-9)15-13-12(16(17)18)7-6-10(2)14-13/h3-8H,1-2H3,(H,14,15). The van der Waals surface area contributed by atoms with Crippen molar-refractivity contribution in [1.29, 1.82) is 0 Å². The minimum atomic E-state index is -0.440. The molecular weight excluding hydrogens is 230 g/mol. The highest BCUT2D eigenvalue weighted by Crippen LogP contribution is 2.25. The average molecular weight is 243 g/mol. The minimum Gasteiger partial charge on any atom is -0.334 e. The second-order valence-corrected chi connectivity index (χ2v) is 4.07. The molecular formula is C13H13N3O2. The zero-order valence-electron chi connectivity index (χ0n) is 10.2. The Morgan fingerprint density at radius 2 is 2.00 bits per heavy atom. The van der Waals surface area contributed by atoms with Crippen LogP contribution in [0.4, 0.5) is 17.2 Å². The molecule has 0 aliphatic heterocycles. The number of nitrogens with zero attached hydrogens (tertiary/aromatic N) is 2. The van der Waals surface area contributed by atoms with Gasteiger partial charge in [-0.2, -0.15) is 0 Å². The SMILES string of the molecule is Cc1cccc(Nc2nc(C)ccc2[N+](=O)[O-])c1. The molecule has 0 amide bonds. The van der Waals surface area contributed by atoms with Crippen molar-refractivity contribution in [1.82, 2.24) is 4.98 Å². The zero-order valence-corrected chi connectivity index (χ0v) is 10.2. The van der Waals surface area contributed by atoms with Crippen LogP contribution >= 0.6 is 0 Å². The van der Waals surface area contributed by atoms with Crippen LogP contribution in [0.5, 0.6) is 0 Å². The molecule has 5 heteroatoms. The molecule has 18 heavy (non-hydrogen) atoms. The second kappa shape index (κ2) is 4.83. The van der Waals surface area contributed by atoms with Crippen molar-refractivity contribution in [3.8, 4) is 0 Å². The summed E-state index contributed by atoms with van der Waals surface area (Å²) in [5.41, 5.74) is 2.57. The van der Waals surface area contributed by atoms with Crippen LogP contribution in [-0.2, 0) is 0 Å². The van der Waals surface area contributed by atoms with Gasteiger partial charge in [0.2, 0.25) is 5.82 Å². The number of aryl methyl sites for hydroxylation is 2. The molecule has 2 aromatic rings. The summed E-state index contributed by atoms with van der Waals surface area (Å²) in [6.07, 6.45) is 0. The van der Waals surface area contributed by atoms with Gasteiger partial charge in [0.25, 0.3) is 0 Å². The van der Waals surface area contributed by atoms with E-state index < -0.39 is 4.92 Å². The predicted octanol–water partition coefficient (Wildman–Crippen LogP) is 3.35. The molecule has 5 nitrogen and oxygen atoms in total. The summed E-state index contributed by atoms with van der Waals surface area (Å²) in [6, 6.07) is 10.7. The fourth-order valence-corrected chi connectivity index (χ4v) is 1.65. The number of hydrogen-bond donors (Lipinski definition) is 1. The van der Waals surface area contributed by atoms with Crippen molar-refractivity contribution in [2.24, 2.45) is 0 Å². The van der Waals surface area contributed by atoms with Crippen molar-refractivity contribution in [2.75, 3.05) is 5.32 Å². The lowest BCUT2D eigenvalue weighted by Crippen LogP contribution is -2.00. The molecule has 0 fully saturated rings.